The fraction of sp³-hybridized carbons (Fsp3) is 0.692. The van der Waals surface area contributed by atoms with Gasteiger partial charge in [-0.3, -0.25) is 0 Å². The normalized spacial score (nSPS) is 25.1. The lowest BCUT2D eigenvalue weighted by atomic mass is 9.84. The molecule has 0 bridgehead atoms. The van der Waals surface area contributed by atoms with Crippen molar-refractivity contribution in [3.63, 3.8) is 0 Å². The van der Waals surface area contributed by atoms with Gasteiger partial charge in [0.1, 0.15) is 4.34 Å². The Hall–Kier alpha value is 0.430. The maximum Gasteiger partial charge on any atom is 0.107 e. The van der Waals surface area contributed by atoms with Crippen LogP contribution >= 0.6 is 38.9 Å². The smallest absolute Gasteiger partial charge is 0.107 e. The first-order chi connectivity index (χ1) is 8.19. The van der Waals surface area contributed by atoms with Crippen LogP contribution in [-0.4, -0.2) is 6.04 Å². The molecule has 0 spiro atoms. The van der Waals surface area contributed by atoms with Crippen LogP contribution < -0.4 is 5.32 Å². The monoisotopic (exact) mass is 335 g/mol. The minimum absolute atomic E-state index is 0.702. The lowest BCUT2D eigenvalue weighted by molar-refractivity contribution is 0.279. The van der Waals surface area contributed by atoms with E-state index in [1.54, 1.807) is 11.3 Å². The SMILES string of the molecule is CCC1CCCC(NCc2cc(Br)c(Cl)s2)C1. The van der Waals surface area contributed by atoms with E-state index >= 15 is 0 Å². The quantitative estimate of drug-likeness (QED) is 0.794. The Bertz CT molecular complexity index is 347. The third-order valence-corrected chi connectivity index (χ3v) is 6.10. The molecule has 1 heterocycles. The third kappa shape index (κ3) is 3.95. The van der Waals surface area contributed by atoms with Crippen LogP contribution in [0.2, 0.25) is 4.34 Å². The fourth-order valence-electron chi connectivity index (χ4n) is 2.57. The topological polar surface area (TPSA) is 12.0 Å². The summed E-state index contributed by atoms with van der Waals surface area (Å²) in [7, 11) is 0. The first kappa shape index (κ1) is 13.9. The van der Waals surface area contributed by atoms with Gasteiger partial charge in [-0.25, -0.2) is 0 Å². The van der Waals surface area contributed by atoms with Crippen molar-refractivity contribution in [1.82, 2.24) is 5.32 Å². The summed E-state index contributed by atoms with van der Waals surface area (Å²) >= 11 is 11.2. The molecule has 17 heavy (non-hydrogen) atoms. The van der Waals surface area contributed by atoms with Crippen LogP contribution in [-0.2, 0) is 6.54 Å². The Balaban J connectivity index is 1.81. The molecule has 1 aliphatic rings. The second kappa shape index (κ2) is 6.55. The molecule has 1 aromatic rings. The van der Waals surface area contributed by atoms with Gasteiger partial charge in [-0.1, -0.05) is 37.8 Å². The van der Waals surface area contributed by atoms with Crippen LogP contribution in [0.25, 0.3) is 0 Å². The average molecular weight is 337 g/mol. The Labute approximate surface area is 121 Å². The maximum atomic E-state index is 6.04. The van der Waals surface area contributed by atoms with E-state index in [4.69, 9.17) is 11.6 Å². The van der Waals surface area contributed by atoms with Crippen molar-refractivity contribution >= 4 is 38.9 Å². The van der Waals surface area contributed by atoms with Gasteiger partial charge in [0.25, 0.3) is 0 Å². The van der Waals surface area contributed by atoms with Gasteiger partial charge >= 0.3 is 0 Å². The molecule has 1 aliphatic carbocycles. The zero-order valence-electron chi connectivity index (χ0n) is 10.1. The summed E-state index contributed by atoms with van der Waals surface area (Å²) in [4.78, 5) is 1.32. The minimum atomic E-state index is 0.702. The van der Waals surface area contributed by atoms with E-state index in [1.165, 1.54) is 37.0 Å². The summed E-state index contributed by atoms with van der Waals surface area (Å²) < 4.78 is 1.88. The van der Waals surface area contributed by atoms with Crippen molar-refractivity contribution < 1.29 is 0 Å². The van der Waals surface area contributed by atoms with Crippen molar-refractivity contribution in [2.75, 3.05) is 0 Å². The van der Waals surface area contributed by atoms with Gasteiger partial charge < -0.3 is 5.32 Å². The van der Waals surface area contributed by atoms with Crippen molar-refractivity contribution in [3.8, 4) is 0 Å². The molecule has 2 unspecified atom stereocenters. The highest BCUT2D eigenvalue weighted by molar-refractivity contribution is 9.10. The molecule has 1 fully saturated rings. The molecule has 0 saturated heterocycles. The lowest BCUT2D eigenvalue weighted by Gasteiger charge is -2.29. The molecular formula is C13H19BrClNS. The highest BCUT2D eigenvalue weighted by Gasteiger charge is 2.20. The molecule has 2 atom stereocenters. The zero-order valence-corrected chi connectivity index (χ0v) is 13.3. The molecule has 0 amide bonds. The minimum Gasteiger partial charge on any atom is -0.309 e. The van der Waals surface area contributed by atoms with Gasteiger partial charge in [-0.15, -0.1) is 11.3 Å². The number of rotatable bonds is 4. The van der Waals surface area contributed by atoms with Crippen molar-refractivity contribution in [2.24, 2.45) is 5.92 Å². The van der Waals surface area contributed by atoms with Crippen molar-refractivity contribution in [2.45, 2.75) is 51.6 Å². The summed E-state index contributed by atoms with van der Waals surface area (Å²) in [5.41, 5.74) is 0. The number of hydrogen-bond donors (Lipinski definition) is 1. The number of halogens is 2. The van der Waals surface area contributed by atoms with Crippen LogP contribution in [0.5, 0.6) is 0 Å². The number of nitrogens with one attached hydrogen (secondary N) is 1. The van der Waals surface area contributed by atoms with E-state index in [1.807, 2.05) is 0 Å². The molecule has 1 aromatic heterocycles. The van der Waals surface area contributed by atoms with E-state index in [2.05, 4.69) is 34.2 Å². The Morgan fingerprint density at radius 2 is 2.35 bits per heavy atom. The third-order valence-electron chi connectivity index (χ3n) is 3.62. The van der Waals surface area contributed by atoms with Gasteiger partial charge in [0, 0.05) is 21.9 Å². The Morgan fingerprint density at radius 1 is 1.53 bits per heavy atom. The molecule has 1 saturated carbocycles. The lowest BCUT2D eigenvalue weighted by Crippen LogP contribution is -2.33. The fourth-order valence-corrected chi connectivity index (χ4v) is 4.31. The van der Waals surface area contributed by atoms with Gasteiger partial charge in [0.05, 0.1) is 0 Å². The van der Waals surface area contributed by atoms with Crippen LogP contribution in [0.1, 0.15) is 43.9 Å². The second-order valence-electron chi connectivity index (χ2n) is 4.85. The molecule has 1 N–H and O–H groups in total. The second-order valence-corrected chi connectivity index (χ2v) is 7.45. The van der Waals surface area contributed by atoms with Gasteiger partial charge in [-0.05, 0) is 40.8 Å². The molecule has 0 aliphatic heterocycles. The van der Waals surface area contributed by atoms with Crippen LogP contribution in [0, 0.1) is 5.92 Å². The molecular weight excluding hydrogens is 318 g/mol. The molecule has 0 radical (unpaired) electrons. The summed E-state index contributed by atoms with van der Waals surface area (Å²) in [5.74, 6) is 0.930. The molecule has 96 valence electrons. The Kier molecular flexibility index (Phi) is 5.34. The van der Waals surface area contributed by atoms with Crippen LogP contribution in [0.3, 0.4) is 0 Å². The van der Waals surface area contributed by atoms with E-state index in [0.717, 1.165) is 21.3 Å². The van der Waals surface area contributed by atoms with Crippen LogP contribution in [0.15, 0.2) is 10.5 Å². The predicted octanol–water partition coefficient (Wildman–Crippen LogP) is 5.22. The van der Waals surface area contributed by atoms with Crippen LogP contribution in [0.4, 0.5) is 0 Å². The summed E-state index contributed by atoms with van der Waals surface area (Å²) in [5, 5.41) is 3.67. The number of hydrogen-bond acceptors (Lipinski definition) is 2. The highest BCUT2D eigenvalue weighted by atomic mass is 79.9. The van der Waals surface area contributed by atoms with E-state index in [9.17, 15) is 0 Å². The van der Waals surface area contributed by atoms with E-state index in [-0.39, 0.29) is 0 Å². The van der Waals surface area contributed by atoms with Gasteiger partial charge in [0.15, 0.2) is 0 Å². The van der Waals surface area contributed by atoms with Crippen molar-refractivity contribution in [3.05, 3.63) is 19.8 Å². The number of thiophene rings is 1. The maximum absolute atomic E-state index is 6.04. The average Bonchev–Trinajstić information content (AvgIpc) is 2.67. The summed E-state index contributed by atoms with van der Waals surface area (Å²) in [6, 6.07) is 2.83. The van der Waals surface area contributed by atoms with E-state index < -0.39 is 0 Å². The standard InChI is InChI=1S/C13H19BrClNS/c1-2-9-4-3-5-10(6-9)16-8-11-7-12(14)13(15)17-11/h7,9-10,16H,2-6,8H2,1H3. The molecule has 4 heteroatoms. The predicted molar refractivity (Wildman–Crippen MR) is 79.9 cm³/mol. The molecule has 1 nitrogen and oxygen atoms in total. The molecule has 2 rings (SSSR count). The van der Waals surface area contributed by atoms with Crippen molar-refractivity contribution in [1.29, 1.82) is 0 Å². The Morgan fingerprint density at radius 3 is 3.00 bits per heavy atom. The summed E-state index contributed by atoms with van der Waals surface area (Å²) in [6.07, 6.45) is 6.80. The zero-order chi connectivity index (χ0) is 12.3. The largest absolute Gasteiger partial charge is 0.309 e. The molecule has 0 aromatic carbocycles. The summed E-state index contributed by atoms with van der Waals surface area (Å²) in [6.45, 7) is 3.26. The highest BCUT2D eigenvalue weighted by Crippen LogP contribution is 2.32. The van der Waals surface area contributed by atoms with Gasteiger partial charge in [-0.2, -0.15) is 0 Å². The van der Waals surface area contributed by atoms with E-state index in [0.29, 0.717) is 6.04 Å². The first-order valence-corrected chi connectivity index (χ1v) is 8.35. The van der Waals surface area contributed by atoms with Gasteiger partial charge in [0.2, 0.25) is 0 Å². The first-order valence-electron chi connectivity index (χ1n) is 6.36.